The summed E-state index contributed by atoms with van der Waals surface area (Å²) in [6.45, 7) is 1.45. The molecule has 1 aromatic heterocycles. The maximum absolute atomic E-state index is 12.2. The Hall–Kier alpha value is -3.06. The molecule has 0 aliphatic carbocycles. The van der Waals surface area contributed by atoms with Gasteiger partial charge in [-0.3, -0.25) is 4.79 Å². The lowest BCUT2D eigenvalue weighted by molar-refractivity contribution is -0.121. The average Bonchev–Trinajstić information content (AvgIpc) is 3.21. The molecule has 0 radical (unpaired) electrons. The van der Waals surface area contributed by atoms with E-state index in [9.17, 15) is 4.79 Å². The molecular formula is C21H20ClN3O4. The van der Waals surface area contributed by atoms with Crippen LogP contribution in [-0.2, 0) is 17.8 Å². The quantitative estimate of drug-likeness (QED) is 0.634. The number of aryl methyl sites for hydroxylation is 1. The third-order valence-electron chi connectivity index (χ3n) is 4.49. The maximum atomic E-state index is 12.2. The van der Waals surface area contributed by atoms with Crippen LogP contribution in [0.15, 0.2) is 47.0 Å². The van der Waals surface area contributed by atoms with Gasteiger partial charge in [0.2, 0.25) is 17.6 Å². The first kappa shape index (κ1) is 19.3. The fourth-order valence-electron chi connectivity index (χ4n) is 3.03. The van der Waals surface area contributed by atoms with E-state index in [1.165, 1.54) is 0 Å². The van der Waals surface area contributed by atoms with E-state index < -0.39 is 0 Å². The van der Waals surface area contributed by atoms with Gasteiger partial charge in [0.1, 0.15) is 13.2 Å². The Labute approximate surface area is 173 Å². The van der Waals surface area contributed by atoms with Crippen LogP contribution in [-0.4, -0.2) is 29.3 Å². The van der Waals surface area contributed by atoms with E-state index in [1.807, 2.05) is 30.3 Å². The number of rotatable bonds is 7. The minimum atomic E-state index is -0.0447. The first-order valence-electron chi connectivity index (χ1n) is 9.42. The van der Waals surface area contributed by atoms with E-state index in [1.54, 1.807) is 12.1 Å². The Balaban J connectivity index is 1.24. The summed E-state index contributed by atoms with van der Waals surface area (Å²) >= 11 is 5.89. The number of hydrogen-bond donors (Lipinski definition) is 1. The predicted molar refractivity (Wildman–Crippen MR) is 107 cm³/mol. The highest BCUT2D eigenvalue weighted by Gasteiger charge is 2.16. The molecule has 4 rings (SSSR count). The van der Waals surface area contributed by atoms with Gasteiger partial charge >= 0.3 is 0 Å². The summed E-state index contributed by atoms with van der Waals surface area (Å²) in [5, 5.41) is 7.54. The molecule has 0 fully saturated rings. The fraction of sp³-hybridized carbons (Fsp3) is 0.286. The molecule has 8 heteroatoms. The highest BCUT2D eigenvalue weighted by atomic mass is 35.5. The van der Waals surface area contributed by atoms with Gasteiger partial charge in [-0.1, -0.05) is 28.9 Å². The van der Waals surface area contributed by atoms with Gasteiger partial charge in [-0.25, -0.2) is 0 Å². The molecule has 1 aliphatic rings. The summed E-state index contributed by atoms with van der Waals surface area (Å²) < 4.78 is 16.5. The fourth-order valence-corrected chi connectivity index (χ4v) is 3.15. The van der Waals surface area contributed by atoms with Crippen LogP contribution in [0.1, 0.15) is 24.3 Å². The van der Waals surface area contributed by atoms with E-state index in [2.05, 4.69) is 15.5 Å². The van der Waals surface area contributed by atoms with Crippen molar-refractivity contribution in [2.24, 2.45) is 0 Å². The zero-order valence-corrected chi connectivity index (χ0v) is 16.4. The molecule has 29 heavy (non-hydrogen) atoms. The molecule has 2 aromatic carbocycles. The third-order valence-corrected chi connectivity index (χ3v) is 4.74. The zero-order chi connectivity index (χ0) is 20.1. The lowest BCUT2D eigenvalue weighted by atomic mass is 10.1. The van der Waals surface area contributed by atoms with Crippen LogP contribution >= 0.6 is 11.6 Å². The van der Waals surface area contributed by atoms with Crippen molar-refractivity contribution in [3.8, 4) is 22.9 Å². The van der Waals surface area contributed by atoms with E-state index in [4.69, 9.17) is 25.6 Å². The second-order valence-corrected chi connectivity index (χ2v) is 7.03. The molecule has 1 amide bonds. The lowest BCUT2D eigenvalue weighted by Crippen LogP contribution is -2.24. The molecule has 1 aliphatic heterocycles. The molecule has 0 atom stereocenters. The van der Waals surface area contributed by atoms with Crippen molar-refractivity contribution in [1.29, 1.82) is 0 Å². The molecule has 3 aromatic rings. The van der Waals surface area contributed by atoms with Crippen molar-refractivity contribution in [2.75, 3.05) is 13.2 Å². The summed E-state index contributed by atoms with van der Waals surface area (Å²) in [6, 6.07) is 12.9. The van der Waals surface area contributed by atoms with Crippen molar-refractivity contribution in [3.63, 3.8) is 0 Å². The highest BCUT2D eigenvalue weighted by Crippen LogP contribution is 2.33. The van der Waals surface area contributed by atoms with Crippen LogP contribution in [0.25, 0.3) is 11.4 Å². The maximum Gasteiger partial charge on any atom is 0.226 e. The Bertz CT molecular complexity index is 988. The largest absolute Gasteiger partial charge is 0.486 e. The summed E-state index contributed by atoms with van der Waals surface area (Å²) in [5.74, 6) is 2.40. The summed E-state index contributed by atoms with van der Waals surface area (Å²) in [7, 11) is 0. The average molecular weight is 414 g/mol. The molecule has 0 unspecified atom stereocenters. The molecule has 0 saturated carbocycles. The number of fused-ring (bicyclic) bond motifs is 1. The number of benzene rings is 2. The number of ether oxygens (including phenoxy) is 2. The van der Waals surface area contributed by atoms with Crippen LogP contribution in [0.5, 0.6) is 11.5 Å². The van der Waals surface area contributed by atoms with Gasteiger partial charge < -0.3 is 19.3 Å². The minimum absolute atomic E-state index is 0.0447. The highest BCUT2D eigenvalue weighted by molar-refractivity contribution is 6.30. The number of nitrogens with zero attached hydrogens (tertiary/aromatic N) is 2. The van der Waals surface area contributed by atoms with Gasteiger partial charge in [0.25, 0.3) is 0 Å². The molecule has 2 heterocycles. The van der Waals surface area contributed by atoms with Crippen molar-refractivity contribution >= 4 is 17.5 Å². The Morgan fingerprint density at radius 1 is 1.10 bits per heavy atom. The van der Waals surface area contributed by atoms with Crippen LogP contribution in [0, 0.1) is 0 Å². The van der Waals surface area contributed by atoms with E-state index in [0.717, 1.165) is 16.9 Å². The van der Waals surface area contributed by atoms with E-state index >= 15 is 0 Å². The molecule has 1 N–H and O–H groups in total. The van der Waals surface area contributed by atoms with Gasteiger partial charge in [-0.15, -0.1) is 0 Å². The number of amides is 1. The van der Waals surface area contributed by atoms with Crippen LogP contribution < -0.4 is 14.8 Å². The number of aromatic nitrogens is 2. The van der Waals surface area contributed by atoms with Gasteiger partial charge in [0, 0.05) is 35.5 Å². The Kier molecular flexibility index (Phi) is 5.95. The van der Waals surface area contributed by atoms with Gasteiger partial charge in [0.05, 0.1) is 0 Å². The van der Waals surface area contributed by atoms with Crippen molar-refractivity contribution in [2.45, 2.75) is 25.8 Å². The van der Waals surface area contributed by atoms with Crippen molar-refractivity contribution in [1.82, 2.24) is 15.5 Å². The lowest BCUT2D eigenvalue weighted by Gasteiger charge is -2.21. The van der Waals surface area contributed by atoms with Crippen molar-refractivity contribution < 1.29 is 18.8 Å². The number of hydrogen-bond acceptors (Lipinski definition) is 6. The Morgan fingerprint density at radius 3 is 2.79 bits per heavy atom. The van der Waals surface area contributed by atoms with Gasteiger partial charge in [0.15, 0.2) is 11.5 Å². The minimum Gasteiger partial charge on any atom is -0.486 e. The SMILES string of the molecule is O=C(CCCc1nc(-c2ccc(Cl)cc2)no1)NCc1cccc2c1OCCO2. The second kappa shape index (κ2) is 8.96. The van der Waals surface area contributed by atoms with Gasteiger partial charge in [-0.2, -0.15) is 4.98 Å². The number of carbonyl (C=O) groups excluding carboxylic acids is 1. The summed E-state index contributed by atoms with van der Waals surface area (Å²) in [5.41, 5.74) is 1.74. The summed E-state index contributed by atoms with van der Waals surface area (Å²) in [4.78, 5) is 16.5. The van der Waals surface area contributed by atoms with Crippen LogP contribution in [0.4, 0.5) is 0 Å². The predicted octanol–water partition coefficient (Wildman–Crippen LogP) is 3.80. The zero-order valence-electron chi connectivity index (χ0n) is 15.7. The van der Waals surface area contributed by atoms with Crippen molar-refractivity contribution in [3.05, 3.63) is 58.9 Å². The first-order chi connectivity index (χ1) is 14.2. The number of carbonyl (C=O) groups is 1. The normalized spacial score (nSPS) is 12.6. The number of para-hydroxylation sites is 1. The number of halogens is 1. The monoisotopic (exact) mass is 413 g/mol. The second-order valence-electron chi connectivity index (χ2n) is 6.59. The van der Waals surface area contributed by atoms with E-state index in [-0.39, 0.29) is 5.91 Å². The van der Waals surface area contributed by atoms with Crippen LogP contribution in [0.3, 0.4) is 0 Å². The smallest absolute Gasteiger partial charge is 0.226 e. The molecule has 150 valence electrons. The topological polar surface area (TPSA) is 86.5 Å². The standard InChI is InChI=1S/C21H20ClN3O4/c22-16-9-7-14(8-10-16)21-24-19(29-25-21)6-2-5-18(26)23-13-15-3-1-4-17-20(15)28-12-11-27-17/h1,3-4,7-10H,2,5-6,11-13H2,(H,23,26). The van der Waals surface area contributed by atoms with Crippen LogP contribution in [0.2, 0.25) is 5.02 Å². The van der Waals surface area contributed by atoms with Gasteiger partial charge in [-0.05, 0) is 36.8 Å². The first-order valence-corrected chi connectivity index (χ1v) is 9.79. The molecule has 0 spiro atoms. The molecule has 0 bridgehead atoms. The molecule has 0 saturated heterocycles. The molecular weight excluding hydrogens is 394 g/mol. The van der Waals surface area contributed by atoms with E-state index in [0.29, 0.717) is 61.5 Å². The number of nitrogens with one attached hydrogen (secondary N) is 1. The third kappa shape index (κ3) is 4.86. The summed E-state index contributed by atoms with van der Waals surface area (Å²) in [6.07, 6.45) is 1.51. The molecule has 7 nitrogen and oxygen atoms in total. The Morgan fingerprint density at radius 2 is 1.93 bits per heavy atom.